The number of likely N-dealkylation sites (tertiary alicyclic amines) is 1. The van der Waals surface area contributed by atoms with E-state index in [1.54, 1.807) is 17.0 Å². The summed E-state index contributed by atoms with van der Waals surface area (Å²) < 4.78 is 12.8. The smallest absolute Gasteiger partial charge is 0.317 e. The molecule has 1 unspecified atom stereocenters. The van der Waals surface area contributed by atoms with Gasteiger partial charge in [0.15, 0.2) is 0 Å². The van der Waals surface area contributed by atoms with E-state index in [0.717, 1.165) is 5.56 Å². The minimum Gasteiger partial charge on any atom is -0.391 e. The Balaban J connectivity index is 1.76. The molecule has 19 heavy (non-hydrogen) atoms. The average molecular weight is 266 g/mol. The van der Waals surface area contributed by atoms with Gasteiger partial charge in [0.2, 0.25) is 0 Å². The average Bonchev–Trinajstić information content (AvgIpc) is 2.36. The number of aliphatic hydroxyl groups is 1. The van der Waals surface area contributed by atoms with E-state index in [4.69, 9.17) is 0 Å². The van der Waals surface area contributed by atoms with Crippen LogP contribution in [-0.2, 0) is 0 Å². The predicted octanol–water partition coefficient (Wildman–Crippen LogP) is 1.71. The number of amides is 2. The van der Waals surface area contributed by atoms with Crippen LogP contribution in [0.3, 0.4) is 0 Å². The molecule has 104 valence electrons. The molecule has 0 bridgehead atoms. The van der Waals surface area contributed by atoms with Crippen LogP contribution in [0.25, 0.3) is 0 Å². The Labute approximate surface area is 112 Å². The van der Waals surface area contributed by atoms with Gasteiger partial charge in [0.1, 0.15) is 5.82 Å². The zero-order valence-corrected chi connectivity index (χ0v) is 11.0. The first-order valence-electron chi connectivity index (χ1n) is 6.56. The maximum Gasteiger partial charge on any atom is 0.317 e. The molecule has 2 N–H and O–H groups in total. The Kier molecular flexibility index (Phi) is 4.37. The van der Waals surface area contributed by atoms with Crippen LogP contribution in [0.15, 0.2) is 24.3 Å². The lowest BCUT2D eigenvalue weighted by atomic mass is 9.92. The summed E-state index contributed by atoms with van der Waals surface area (Å²) in [6.45, 7) is 3.43. The van der Waals surface area contributed by atoms with Crippen molar-refractivity contribution in [2.75, 3.05) is 19.6 Å². The Hall–Kier alpha value is -1.62. The molecule has 0 spiro atoms. The van der Waals surface area contributed by atoms with E-state index in [9.17, 15) is 14.3 Å². The van der Waals surface area contributed by atoms with Gasteiger partial charge in [0, 0.05) is 25.6 Å². The van der Waals surface area contributed by atoms with Gasteiger partial charge in [-0.3, -0.25) is 0 Å². The predicted molar refractivity (Wildman–Crippen MR) is 70.4 cm³/mol. The molecule has 0 radical (unpaired) electrons. The molecule has 1 saturated heterocycles. The monoisotopic (exact) mass is 266 g/mol. The first kappa shape index (κ1) is 13.8. The highest BCUT2D eigenvalue weighted by atomic mass is 19.1. The number of hydrogen-bond acceptors (Lipinski definition) is 2. The van der Waals surface area contributed by atoms with Gasteiger partial charge in [-0.1, -0.05) is 19.1 Å². The molecule has 1 fully saturated rings. The highest BCUT2D eigenvalue weighted by Crippen LogP contribution is 2.26. The number of aliphatic hydroxyl groups excluding tert-OH is 1. The lowest BCUT2D eigenvalue weighted by Crippen LogP contribution is -2.53. The van der Waals surface area contributed by atoms with Crippen LogP contribution < -0.4 is 5.32 Å². The molecule has 1 aromatic rings. The highest BCUT2D eigenvalue weighted by molar-refractivity contribution is 5.75. The first-order chi connectivity index (χ1) is 9.10. The Morgan fingerprint density at radius 2 is 2.11 bits per heavy atom. The summed E-state index contributed by atoms with van der Waals surface area (Å²) >= 11 is 0. The molecule has 1 aromatic carbocycles. The minimum atomic E-state index is -0.488. The maximum absolute atomic E-state index is 12.8. The van der Waals surface area contributed by atoms with Crippen LogP contribution in [0.5, 0.6) is 0 Å². The van der Waals surface area contributed by atoms with Gasteiger partial charge in [-0.15, -0.1) is 0 Å². The molecule has 1 heterocycles. The summed E-state index contributed by atoms with van der Waals surface area (Å²) in [5.74, 6) is 0.0358. The van der Waals surface area contributed by atoms with E-state index in [0.29, 0.717) is 19.5 Å². The Morgan fingerprint density at radius 1 is 1.47 bits per heavy atom. The van der Waals surface area contributed by atoms with E-state index >= 15 is 0 Å². The van der Waals surface area contributed by atoms with Crippen molar-refractivity contribution in [3.63, 3.8) is 0 Å². The van der Waals surface area contributed by atoms with Crippen LogP contribution in [0.2, 0.25) is 0 Å². The molecular weight excluding hydrogens is 247 g/mol. The van der Waals surface area contributed by atoms with Crippen LogP contribution in [-0.4, -0.2) is 41.8 Å². The van der Waals surface area contributed by atoms with E-state index in [1.807, 2.05) is 6.92 Å². The van der Waals surface area contributed by atoms with E-state index in [2.05, 4.69) is 5.32 Å². The summed E-state index contributed by atoms with van der Waals surface area (Å²) in [5, 5.41) is 12.1. The second kappa shape index (κ2) is 6.02. The fourth-order valence-corrected chi connectivity index (χ4v) is 2.05. The summed E-state index contributed by atoms with van der Waals surface area (Å²) in [6, 6.07) is 6.25. The molecule has 1 atom stereocenters. The van der Waals surface area contributed by atoms with Crippen LogP contribution in [0.1, 0.15) is 24.8 Å². The van der Waals surface area contributed by atoms with Gasteiger partial charge in [-0.05, 0) is 24.1 Å². The third-order valence-electron chi connectivity index (χ3n) is 3.47. The number of nitrogens with zero attached hydrogens (tertiary/aromatic N) is 1. The van der Waals surface area contributed by atoms with Crippen molar-refractivity contribution in [1.82, 2.24) is 10.2 Å². The standard InChI is InChI=1S/C14H19FN2O2/c1-2-13(18)7-16-14(19)17-8-11(9-17)10-3-5-12(15)6-4-10/h3-6,11,13,18H,2,7-9H2,1H3,(H,16,19). The molecule has 0 saturated carbocycles. The fraction of sp³-hybridized carbons (Fsp3) is 0.500. The number of hydrogen-bond donors (Lipinski definition) is 2. The quantitative estimate of drug-likeness (QED) is 0.871. The van der Waals surface area contributed by atoms with E-state index < -0.39 is 6.10 Å². The molecule has 2 rings (SSSR count). The van der Waals surface area contributed by atoms with Crippen LogP contribution in [0, 0.1) is 5.82 Å². The summed E-state index contributed by atoms with van der Waals surface area (Å²) in [7, 11) is 0. The number of carbonyl (C=O) groups is 1. The van der Waals surface area contributed by atoms with Crippen LogP contribution >= 0.6 is 0 Å². The van der Waals surface area contributed by atoms with Crippen molar-refractivity contribution >= 4 is 6.03 Å². The van der Waals surface area contributed by atoms with E-state index in [-0.39, 0.29) is 24.3 Å². The Bertz CT molecular complexity index is 430. The molecule has 1 aliphatic rings. The molecule has 4 nitrogen and oxygen atoms in total. The SMILES string of the molecule is CCC(O)CNC(=O)N1CC(c2ccc(F)cc2)C1. The number of carbonyl (C=O) groups excluding carboxylic acids is 1. The summed E-state index contributed by atoms with van der Waals surface area (Å²) in [5.41, 5.74) is 1.05. The van der Waals surface area contributed by atoms with Gasteiger partial charge in [0.05, 0.1) is 6.10 Å². The number of urea groups is 1. The number of halogens is 1. The van der Waals surface area contributed by atoms with Crippen molar-refractivity contribution < 1.29 is 14.3 Å². The lowest BCUT2D eigenvalue weighted by Gasteiger charge is -2.39. The lowest BCUT2D eigenvalue weighted by molar-refractivity contribution is 0.135. The number of rotatable bonds is 4. The topological polar surface area (TPSA) is 52.6 Å². The highest BCUT2D eigenvalue weighted by Gasteiger charge is 2.31. The molecule has 2 amide bonds. The third-order valence-corrected chi connectivity index (χ3v) is 3.47. The van der Waals surface area contributed by atoms with Gasteiger partial charge in [-0.25, -0.2) is 9.18 Å². The molecular formula is C14H19FN2O2. The van der Waals surface area contributed by atoms with Crippen molar-refractivity contribution in [2.24, 2.45) is 0 Å². The third kappa shape index (κ3) is 3.44. The second-order valence-electron chi connectivity index (χ2n) is 4.90. The minimum absolute atomic E-state index is 0.147. The zero-order valence-electron chi connectivity index (χ0n) is 11.0. The van der Waals surface area contributed by atoms with Crippen LogP contribution in [0.4, 0.5) is 9.18 Å². The zero-order chi connectivity index (χ0) is 13.8. The van der Waals surface area contributed by atoms with Gasteiger partial charge in [0.25, 0.3) is 0 Å². The van der Waals surface area contributed by atoms with Gasteiger partial charge in [-0.2, -0.15) is 0 Å². The van der Waals surface area contributed by atoms with Gasteiger partial charge < -0.3 is 15.3 Å². The number of nitrogens with one attached hydrogen (secondary N) is 1. The number of benzene rings is 1. The van der Waals surface area contributed by atoms with Crippen molar-refractivity contribution in [3.05, 3.63) is 35.6 Å². The largest absolute Gasteiger partial charge is 0.391 e. The summed E-state index contributed by atoms with van der Waals surface area (Å²) in [4.78, 5) is 13.4. The van der Waals surface area contributed by atoms with Crippen molar-refractivity contribution in [1.29, 1.82) is 0 Å². The van der Waals surface area contributed by atoms with Gasteiger partial charge >= 0.3 is 6.03 Å². The molecule has 5 heteroatoms. The van der Waals surface area contributed by atoms with Crippen molar-refractivity contribution in [3.8, 4) is 0 Å². The summed E-state index contributed by atoms with van der Waals surface area (Å²) in [6.07, 6.45) is 0.136. The maximum atomic E-state index is 12.8. The Morgan fingerprint density at radius 3 is 2.68 bits per heavy atom. The van der Waals surface area contributed by atoms with E-state index in [1.165, 1.54) is 12.1 Å². The fourth-order valence-electron chi connectivity index (χ4n) is 2.05. The first-order valence-corrected chi connectivity index (χ1v) is 6.56. The second-order valence-corrected chi connectivity index (χ2v) is 4.90. The van der Waals surface area contributed by atoms with Crippen molar-refractivity contribution in [2.45, 2.75) is 25.4 Å². The molecule has 0 aliphatic carbocycles. The normalized spacial score (nSPS) is 16.9. The molecule has 0 aromatic heterocycles. The molecule has 1 aliphatic heterocycles.